The Balaban J connectivity index is 1.07. The van der Waals surface area contributed by atoms with Crippen molar-refractivity contribution < 1.29 is 4.74 Å². The van der Waals surface area contributed by atoms with Gasteiger partial charge in [-0.15, -0.1) is 0 Å². The zero-order chi connectivity index (χ0) is 25.1. The van der Waals surface area contributed by atoms with E-state index >= 15 is 0 Å². The van der Waals surface area contributed by atoms with Crippen molar-refractivity contribution in [3.8, 4) is 5.75 Å². The molecule has 4 aliphatic rings. The monoisotopic (exact) mass is 502 g/mol. The summed E-state index contributed by atoms with van der Waals surface area (Å²) in [4.78, 5) is 14.1. The zero-order valence-electron chi connectivity index (χ0n) is 22.0. The van der Waals surface area contributed by atoms with Gasteiger partial charge in [0, 0.05) is 44.8 Å². The summed E-state index contributed by atoms with van der Waals surface area (Å²) in [5.74, 6) is 4.30. The molecule has 7 rings (SSSR count). The van der Waals surface area contributed by atoms with Gasteiger partial charge in [-0.2, -0.15) is 10.1 Å². The lowest BCUT2D eigenvalue weighted by Crippen LogP contribution is -2.31. The second kappa shape index (κ2) is 8.84. The first-order valence-electron chi connectivity index (χ1n) is 13.8. The number of aromatic nitrogens is 4. The lowest BCUT2D eigenvalue weighted by molar-refractivity contribution is 0.180. The Hall–Kier alpha value is -2.91. The molecular weight excluding hydrogens is 464 g/mol. The molecular formula is C28H38N8O. The molecule has 4 heterocycles. The summed E-state index contributed by atoms with van der Waals surface area (Å²) >= 11 is 0. The average Bonchev–Trinajstić information content (AvgIpc) is 3.26. The normalized spacial score (nSPS) is 25.0. The van der Waals surface area contributed by atoms with Crippen molar-refractivity contribution in [1.82, 2.24) is 29.5 Å². The van der Waals surface area contributed by atoms with Crippen LogP contribution in [-0.4, -0.2) is 76.4 Å². The van der Waals surface area contributed by atoms with E-state index in [-0.39, 0.29) is 5.95 Å². The van der Waals surface area contributed by atoms with Gasteiger partial charge in [-0.3, -0.25) is 9.58 Å². The molecule has 3 aromatic rings. The van der Waals surface area contributed by atoms with Gasteiger partial charge in [0.15, 0.2) is 5.82 Å². The molecule has 4 fully saturated rings. The molecule has 196 valence electrons. The van der Waals surface area contributed by atoms with Gasteiger partial charge >= 0.3 is 0 Å². The van der Waals surface area contributed by atoms with Gasteiger partial charge in [0.2, 0.25) is 5.95 Å². The molecule has 1 spiro atoms. The van der Waals surface area contributed by atoms with Gasteiger partial charge in [-0.25, -0.2) is 4.98 Å². The van der Waals surface area contributed by atoms with E-state index in [0.29, 0.717) is 17.9 Å². The van der Waals surface area contributed by atoms with Crippen molar-refractivity contribution in [2.45, 2.75) is 38.8 Å². The highest BCUT2D eigenvalue weighted by Gasteiger charge is 2.52. The zero-order valence-corrected chi connectivity index (χ0v) is 22.0. The molecule has 2 aromatic heterocycles. The summed E-state index contributed by atoms with van der Waals surface area (Å²) < 4.78 is 7.81. The van der Waals surface area contributed by atoms with E-state index in [4.69, 9.17) is 10.5 Å². The Labute approximate surface area is 218 Å². The van der Waals surface area contributed by atoms with Crippen LogP contribution in [0.3, 0.4) is 0 Å². The van der Waals surface area contributed by atoms with E-state index in [1.165, 1.54) is 57.4 Å². The highest BCUT2D eigenvalue weighted by atomic mass is 16.5. The summed E-state index contributed by atoms with van der Waals surface area (Å²) in [5.41, 5.74) is 10.8. The molecule has 0 amide bonds. The minimum atomic E-state index is 0.279. The highest BCUT2D eigenvalue weighted by molar-refractivity contribution is 5.86. The number of hydrogen-bond donors (Lipinski definition) is 2. The summed E-state index contributed by atoms with van der Waals surface area (Å²) in [5, 5.41) is 8.23. The molecule has 2 atom stereocenters. The van der Waals surface area contributed by atoms with E-state index in [0.717, 1.165) is 53.1 Å². The first-order chi connectivity index (χ1) is 18.0. The smallest absolute Gasteiger partial charge is 0.222 e. The van der Waals surface area contributed by atoms with Crippen LogP contribution in [0, 0.1) is 23.2 Å². The molecule has 1 aromatic carbocycles. The third-order valence-corrected chi connectivity index (χ3v) is 9.29. The van der Waals surface area contributed by atoms with E-state index in [9.17, 15) is 0 Å². The van der Waals surface area contributed by atoms with Gasteiger partial charge < -0.3 is 20.7 Å². The number of nitrogens with two attached hydrogens (primary N) is 1. The first-order valence-corrected chi connectivity index (χ1v) is 13.8. The molecule has 2 aliphatic carbocycles. The van der Waals surface area contributed by atoms with Crippen LogP contribution >= 0.6 is 0 Å². The van der Waals surface area contributed by atoms with E-state index in [1.54, 1.807) is 13.3 Å². The fourth-order valence-corrected chi connectivity index (χ4v) is 7.29. The fraction of sp³-hybridized carbons (Fsp3) is 0.607. The molecule has 3 N–H and O–H groups in total. The number of methoxy groups -OCH3 is 1. The maximum Gasteiger partial charge on any atom is 0.222 e. The van der Waals surface area contributed by atoms with Crippen molar-refractivity contribution in [2.24, 2.45) is 23.2 Å². The Morgan fingerprint density at radius 2 is 1.86 bits per heavy atom. The van der Waals surface area contributed by atoms with E-state index in [1.807, 2.05) is 4.68 Å². The topological polar surface area (TPSA) is 97.4 Å². The van der Waals surface area contributed by atoms with Crippen molar-refractivity contribution in [1.29, 1.82) is 0 Å². The number of rotatable bonds is 8. The van der Waals surface area contributed by atoms with Gasteiger partial charge in [0.05, 0.1) is 19.9 Å². The fourth-order valence-electron chi connectivity index (χ4n) is 7.29. The Kier molecular flexibility index (Phi) is 5.55. The third-order valence-electron chi connectivity index (χ3n) is 9.29. The SMILES string of the molecule is COc1cc(CN2C[C@H]3CN(C)C[C@H]3C2)ccc1Cn1ncc2nc(N)nc(NCC3CC4(CC4)C3)c21. The van der Waals surface area contributed by atoms with Crippen molar-refractivity contribution in [3.63, 3.8) is 0 Å². The number of fused-ring (bicyclic) bond motifs is 2. The van der Waals surface area contributed by atoms with Crippen LogP contribution in [0.25, 0.3) is 11.0 Å². The van der Waals surface area contributed by atoms with Gasteiger partial charge in [-0.1, -0.05) is 12.1 Å². The number of benzene rings is 1. The van der Waals surface area contributed by atoms with E-state index in [2.05, 4.69) is 55.4 Å². The maximum atomic E-state index is 6.03. The summed E-state index contributed by atoms with van der Waals surface area (Å²) in [6.07, 6.45) is 7.28. The maximum absolute atomic E-state index is 6.03. The second-order valence-corrected chi connectivity index (χ2v) is 12.2. The van der Waals surface area contributed by atoms with Crippen LogP contribution in [0.4, 0.5) is 11.8 Å². The predicted molar refractivity (Wildman–Crippen MR) is 144 cm³/mol. The third kappa shape index (κ3) is 4.42. The van der Waals surface area contributed by atoms with Crippen molar-refractivity contribution >= 4 is 22.8 Å². The number of hydrogen-bond acceptors (Lipinski definition) is 8. The van der Waals surface area contributed by atoms with Crippen LogP contribution in [-0.2, 0) is 13.1 Å². The van der Waals surface area contributed by atoms with Crippen LogP contribution in [0.15, 0.2) is 24.4 Å². The van der Waals surface area contributed by atoms with Crippen LogP contribution in [0.1, 0.15) is 36.8 Å². The molecule has 0 unspecified atom stereocenters. The molecule has 2 aliphatic heterocycles. The van der Waals surface area contributed by atoms with Gasteiger partial charge in [0.1, 0.15) is 16.8 Å². The molecule has 37 heavy (non-hydrogen) atoms. The minimum Gasteiger partial charge on any atom is -0.496 e. The van der Waals surface area contributed by atoms with E-state index < -0.39 is 0 Å². The predicted octanol–water partition coefficient (Wildman–Crippen LogP) is 3.06. The number of nitrogens with one attached hydrogen (secondary N) is 1. The molecule has 0 bridgehead atoms. The molecule has 2 saturated carbocycles. The lowest BCUT2D eigenvalue weighted by atomic mass is 9.72. The highest BCUT2D eigenvalue weighted by Crippen LogP contribution is 2.63. The summed E-state index contributed by atoms with van der Waals surface area (Å²) in [6.45, 7) is 7.33. The first kappa shape index (κ1) is 23.2. The minimum absolute atomic E-state index is 0.279. The van der Waals surface area contributed by atoms with Crippen LogP contribution in [0.5, 0.6) is 5.75 Å². The summed E-state index contributed by atoms with van der Waals surface area (Å²) in [6, 6.07) is 6.61. The standard InChI is InChI=1S/C28H38N8O/c1-34-13-21-15-35(16-22(21)14-34)12-18-3-4-20(24(7-18)37-2)17-36-25-23(11-31-36)32-27(29)33-26(25)30-10-19-8-28(9-19)5-6-28/h3-4,7,11,19,21-22H,5-6,8-10,12-17H2,1-2H3,(H3,29,30,32,33)/t21-,22+. The number of ether oxygens (including phenoxy) is 1. The molecule has 2 saturated heterocycles. The quantitative estimate of drug-likeness (QED) is 0.485. The summed E-state index contributed by atoms with van der Waals surface area (Å²) in [7, 11) is 3.99. The molecule has 9 heteroatoms. The largest absolute Gasteiger partial charge is 0.496 e. The Morgan fingerprint density at radius 3 is 2.59 bits per heavy atom. The van der Waals surface area contributed by atoms with Crippen molar-refractivity contribution in [2.75, 3.05) is 57.9 Å². The van der Waals surface area contributed by atoms with Crippen LogP contribution in [0.2, 0.25) is 0 Å². The average molecular weight is 503 g/mol. The molecule has 0 radical (unpaired) electrons. The number of nitrogens with zero attached hydrogens (tertiary/aromatic N) is 6. The van der Waals surface area contributed by atoms with Gasteiger partial charge in [-0.05, 0) is 67.5 Å². The number of likely N-dealkylation sites (tertiary alicyclic amines) is 2. The van der Waals surface area contributed by atoms with Crippen molar-refractivity contribution in [3.05, 3.63) is 35.5 Å². The number of anilines is 2. The molecule has 9 nitrogen and oxygen atoms in total. The van der Waals surface area contributed by atoms with Crippen LogP contribution < -0.4 is 15.8 Å². The number of nitrogen functional groups attached to an aromatic ring is 1. The second-order valence-electron chi connectivity index (χ2n) is 12.2. The Morgan fingerprint density at radius 1 is 1.08 bits per heavy atom. The van der Waals surface area contributed by atoms with Gasteiger partial charge in [0.25, 0.3) is 0 Å². The Bertz CT molecular complexity index is 1290. The lowest BCUT2D eigenvalue weighted by Gasteiger charge is -2.36.